The fraction of sp³-hybridized carbons (Fsp3) is 0.136. The van der Waals surface area contributed by atoms with E-state index in [0.29, 0.717) is 11.3 Å². The van der Waals surface area contributed by atoms with Crippen LogP contribution in [-0.2, 0) is 9.53 Å². The number of ether oxygens (including phenoxy) is 2. The number of nitrogens with one attached hydrogen (secondary N) is 2. The number of methoxy groups -OCH3 is 1. The molecule has 2 amide bonds. The lowest BCUT2D eigenvalue weighted by atomic mass is 10.1. The topological polar surface area (TPSA) is 93.7 Å². The first-order valence-electron chi connectivity index (χ1n) is 8.92. The van der Waals surface area contributed by atoms with Gasteiger partial charge in [0.1, 0.15) is 5.75 Å². The van der Waals surface area contributed by atoms with Gasteiger partial charge in [0.2, 0.25) is 0 Å². The van der Waals surface area contributed by atoms with Crippen LogP contribution < -0.4 is 15.6 Å². The molecule has 0 bridgehead atoms. The summed E-state index contributed by atoms with van der Waals surface area (Å²) in [6.07, 6.45) is -0.821. The molecule has 7 nitrogen and oxygen atoms in total. The third-order valence-electron chi connectivity index (χ3n) is 4.27. The first kappa shape index (κ1) is 19.9. The zero-order chi connectivity index (χ0) is 20.8. The number of esters is 1. The van der Waals surface area contributed by atoms with Gasteiger partial charge in [-0.05, 0) is 54.1 Å². The molecule has 3 aromatic carbocycles. The molecule has 0 fully saturated rings. The lowest BCUT2D eigenvalue weighted by molar-refractivity contribution is -0.128. The molecule has 0 spiro atoms. The Morgan fingerprint density at radius 3 is 2.17 bits per heavy atom. The lowest BCUT2D eigenvalue weighted by Crippen LogP contribution is -2.47. The first-order chi connectivity index (χ1) is 14.0. The van der Waals surface area contributed by atoms with Crippen LogP contribution in [0.3, 0.4) is 0 Å². The maximum absolute atomic E-state index is 12.2. The van der Waals surface area contributed by atoms with Crippen molar-refractivity contribution in [2.75, 3.05) is 7.11 Å². The average Bonchev–Trinajstić information content (AvgIpc) is 2.76. The summed E-state index contributed by atoms with van der Waals surface area (Å²) in [7, 11) is 1.28. The minimum atomic E-state index is -0.821. The third kappa shape index (κ3) is 4.90. The van der Waals surface area contributed by atoms with Gasteiger partial charge in [-0.15, -0.1) is 0 Å². The molecule has 0 radical (unpaired) electrons. The number of hydrogen-bond donors (Lipinski definition) is 2. The molecule has 0 aliphatic carbocycles. The molecule has 0 saturated carbocycles. The van der Waals surface area contributed by atoms with Crippen LogP contribution in [-0.4, -0.2) is 31.0 Å². The summed E-state index contributed by atoms with van der Waals surface area (Å²) >= 11 is 0. The predicted octanol–water partition coefficient (Wildman–Crippen LogP) is 2.85. The fourth-order valence-electron chi connectivity index (χ4n) is 2.67. The zero-order valence-electron chi connectivity index (χ0n) is 16.0. The maximum Gasteiger partial charge on any atom is 0.337 e. The minimum Gasteiger partial charge on any atom is -0.481 e. The maximum atomic E-state index is 12.2. The minimum absolute atomic E-state index is 0.279. The summed E-state index contributed by atoms with van der Waals surface area (Å²) < 4.78 is 10.3. The highest BCUT2D eigenvalue weighted by Crippen LogP contribution is 2.21. The van der Waals surface area contributed by atoms with Crippen LogP contribution in [0.1, 0.15) is 27.6 Å². The fourth-order valence-corrected chi connectivity index (χ4v) is 2.67. The molecule has 148 valence electrons. The Hall–Kier alpha value is -3.87. The third-order valence-corrected chi connectivity index (χ3v) is 4.27. The van der Waals surface area contributed by atoms with E-state index in [1.807, 2.05) is 36.4 Å². The van der Waals surface area contributed by atoms with Crippen molar-refractivity contribution in [3.05, 3.63) is 77.9 Å². The Bertz CT molecular complexity index is 1050. The van der Waals surface area contributed by atoms with Gasteiger partial charge < -0.3 is 9.47 Å². The van der Waals surface area contributed by atoms with E-state index in [1.54, 1.807) is 13.0 Å². The van der Waals surface area contributed by atoms with Crippen LogP contribution in [0.4, 0.5) is 0 Å². The van der Waals surface area contributed by atoms with Gasteiger partial charge in [-0.1, -0.05) is 30.3 Å². The monoisotopic (exact) mass is 392 g/mol. The largest absolute Gasteiger partial charge is 0.481 e. The second-order valence-electron chi connectivity index (χ2n) is 6.28. The average molecular weight is 392 g/mol. The number of hydrazine groups is 1. The van der Waals surface area contributed by atoms with Crippen molar-refractivity contribution in [3.8, 4) is 5.75 Å². The van der Waals surface area contributed by atoms with Gasteiger partial charge in [0, 0.05) is 5.56 Å². The molecule has 29 heavy (non-hydrogen) atoms. The summed E-state index contributed by atoms with van der Waals surface area (Å²) in [6.45, 7) is 1.59. The summed E-state index contributed by atoms with van der Waals surface area (Å²) in [5.41, 5.74) is 5.26. The number of fused-ring (bicyclic) bond motifs is 1. The van der Waals surface area contributed by atoms with E-state index < -0.39 is 23.9 Å². The quantitative estimate of drug-likeness (QED) is 0.514. The highest BCUT2D eigenvalue weighted by Gasteiger charge is 2.16. The van der Waals surface area contributed by atoms with Crippen molar-refractivity contribution in [3.63, 3.8) is 0 Å². The Kier molecular flexibility index (Phi) is 6.09. The number of benzene rings is 3. The molecule has 0 aliphatic rings. The normalized spacial score (nSPS) is 11.4. The highest BCUT2D eigenvalue weighted by atomic mass is 16.5. The highest BCUT2D eigenvalue weighted by molar-refractivity contribution is 5.97. The first-order valence-corrected chi connectivity index (χ1v) is 8.92. The summed E-state index contributed by atoms with van der Waals surface area (Å²) in [6, 6.07) is 19.2. The van der Waals surface area contributed by atoms with E-state index in [1.165, 1.54) is 31.4 Å². The molecule has 0 heterocycles. The van der Waals surface area contributed by atoms with Crippen molar-refractivity contribution in [1.82, 2.24) is 10.9 Å². The number of carbonyl (C=O) groups excluding carboxylic acids is 3. The van der Waals surface area contributed by atoms with Crippen LogP contribution in [0, 0.1) is 0 Å². The van der Waals surface area contributed by atoms with Gasteiger partial charge in [0.15, 0.2) is 6.10 Å². The second kappa shape index (κ2) is 8.88. The zero-order valence-corrected chi connectivity index (χ0v) is 16.0. The molecule has 0 aliphatic heterocycles. The van der Waals surface area contributed by atoms with Gasteiger partial charge in [-0.25, -0.2) is 4.79 Å². The van der Waals surface area contributed by atoms with Gasteiger partial charge in [-0.3, -0.25) is 20.4 Å². The molecular weight excluding hydrogens is 372 g/mol. The molecule has 1 unspecified atom stereocenters. The Morgan fingerprint density at radius 1 is 0.828 bits per heavy atom. The van der Waals surface area contributed by atoms with Crippen LogP contribution in [0.5, 0.6) is 5.75 Å². The summed E-state index contributed by atoms with van der Waals surface area (Å²) in [5, 5.41) is 2.07. The van der Waals surface area contributed by atoms with Crippen LogP contribution in [0.15, 0.2) is 66.7 Å². The van der Waals surface area contributed by atoms with Crippen LogP contribution >= 0.6 is 0 Å². The number of rotatable bonds is 5. The van der Waals surface area contributed by atoms with Crippen LogP contribution in [0.2, 0.25) is 0 Å². The van der Waals surface area contributed by atoms with E-state index in [-0.39, 0.29) is 5.56 Å². The smallest absolute Gasteiger partial charge is 0.337 e. The van der Waals surface area contributed by atoms with E-state index in [9.17, 15) is 14.4 Å². The van der Waals surface area contributed by atoms with Gasteiger partial charge in [0.05, 0.1) is 12.7 Å². The van der Waals surface area contributed by atoms with Crippen molar-refractivity contribution in [2.45, 2.75) is 13.0 Å². The van der Waals surface area contributed by atoms with E-state index >= 15 is 0 Å². The molecule has 1 atom stereocenters. The standard InChI is InChI=1S/C22H20N2O5/c1-14(29-19-12-11-15-5-3-4-6-18(15)13-19)20(25)23-24-21(26)16-7-9-17(10-8-16)22(27)28-2/h3-14H,1-2H3,(H,23,25)(H,24,26). The molecule has 3 aromatic rings. The molecule has 7 heteroatoms. The van der Waals surface area contributed by atoms with Gasteiger partial charge >= 0.3 is 5.97 Å². The van der Waals surface area contributed by atoms with Gasteiger partial charge in [-0.2, -0.15) is 0 Å². The number of carbonyl (C=O) groups is 3. The number of hydrogen-bond acceptors (Lipinski definition) is 5. The van der Waals surface area contributed by atoms with Gasteiger partial charge in [0.25, 0.3) is 11.8 Å². The summed E-state index contributed by atoms with van der Waals surface area (Å²) in [4.78, 5) is 35.8. The van der Waals surface area contributed by atoms with Crippen molar-refractivity contribution >= 4 is 28.6 Å². The lowest BCUT2D eigenvalue weighted by Gasteiger charge is -2.15. The molecular formula is C22H20N2O5. The predicted molar refractivity (Wildman–Crippen MR) is 107 cm³/mol. The van der Waals surface area contributed by atoms with E-state index in [0.717, 1.165) is 10.8 Å². The van der Waals surface area contributed by atoms with Crippen molar-refractivity contribution < 1.29 is 23.9 Å². The molecule has 0 aromatic heterocycles. The Labute approximate surface area is 167 Å². The Morgan fingerprint density at radius 2 is 1.48 bits per heavy atom. The number of amides is 2. The summed E-state index contributed by atoms with van der Waals surface area (Å²) in [5.74, 6) is -0.966. The molecule has 2 N–H and O–H groups in total. The Balaban J connectivity index is 1.55. The molecule has 3 rings (SSSR count). The van der Waals surface area contributed by atoms with Crippen LogP contribution in [0.25, 0.3) is 10.8 Å². The molecule has 0 saturated heterocycles. The van der Waals surface area contributed by atoms with Crippen molar-refractivity contribution in [1.29, 1.82) is 0 Å². The SMILES string of the molecule is COC(=O)c1ccc(C(=O)NNC(=O)C(C)Oc2ccc3ccccc3c2)cc1. The second-order valence-corrected chi connectivity index (χ2v) is 6.28. The van der Waals surface area contributed by atoms with E-state index in [2.05, 4.69) is 15.6 Å². The van der Waals surface area contributed by atoms with E-state index in [4.69, 9.17) is 4.74 Å². The van der Waals surface area contributed by atoms with Crippen molar-refractivity contribution in [2.24, 2.45) is 0 Å².